The van der Waals surface area contributed by atoms with Crippen molar-refractivity contribution in [2.24, 2.45) is 0 Å². The number of amides is 1. The molecule has 1 aromatic heterocycles. The first kappa shape index (κ1) is 13.8. The van der Waals surface area contributed by atoms with Crippen LogP contribution in [0.2, 0.25) is 0 Å². The van der Waals surface area contributed by atoms with E-state index in [1.54, 1.807) is 6.20 Å². The van der Waals surface area contributed by atoms with Crippen molar-refractivity contribution >= 4 is 12.1 Å². The molecule has 1 unspecified atom stereocenters. The topological polar surface area (TPSA) is 81.6 Å². The Hall–Kier alpha value is -2.18. The summed E-state index contributed by atoms with van der Waals surface area (Å²) in [6.07, 6.45) is 6.32. The van der Waals surface area contributed by atoms with Gasteiger partial charge in [-0.25, -0.2) is 19.6 Å². The molecule has 112 valence electrons. The molecular weight excluding hydrogens is 274 g/mol. The number of ether oxygens (including phenoxy) is 2. The van der Waals surface area contributed by atoms with Crippen molar-refractivity contribution in [1.29, 1.82) is 0 Å². The highest BCUT2D eigenvalue weighted by atomic mass is 16.6. The smallest absolute Gasteiger partial charge is 0.411 e. The first-order chi connectivity index (χ1) is 10.2. The highest BCUT2D eigenvalue weighted by Gasteiger charge is 2.42. The van der Waals surface area contributed by atoms with Crippen molar-refractivity contribution in [2.75, 3.05) is 7.11 Å². The Labute approximate surface area is 122 Å². The Morgan fingerprint density at radius 2 is 2.10 bits per heavy atom. The number of carbonyl (C=O) groups excluding carboxylic acids is 2. The predicted molar refractivity (Wildman–Crippen MR) is 71.1 cm³/mol. The van der Waals surface area contributed by atoms with Gasteiger partial charge >= 0.3 is 12.1 Å². The number of carbonyl (C=O) groups is 2. The fraction of sp³-hybridized carbons (Fsp3) is 0.571. The average Bonchev–Trinajstić information content (AvgIpc) is 3.13. The van der Waals surface area contributed by atoms with Gasteiger partial charge in [0.2, 0.25) is 0 Å². The van der Waals surface area contributed by atoms with E-state index in [9.17, 15) is 9.59 Å². The number of hydrogen-bond donors (Lipinski definition) is 0. The van der Waals surface area contributed by atoms with Gasteiger partial charge in [-0.15, -0.1) is 0 Å². The van der Waals surface area contributed by atoms with E-state index in [0.717, 1.165) is 25.7 Å². The van der Waals surface area contributed by atoms with Gasteiger partial charge in [0.15, 0.2) is 6.04 Å². The molecule has 0 radical (unpaired) electrons. The van der Waals surface area contributed by atoms with E-state index in [-0.39, 0.29) is 12.6 Å². The molecule has 2 aliphatic rings. The third kappa shape index (κ3) is 2.55. The minimum Gasteiger partial charge on any atom is -0.467 e. The summed E-state index contributed by atoms with van der Waals surface area (Å²) in [6, 6.07) is -0.819. The molecule has 1 aliphatic carbocycles. The fourth-order valence-corrected chi connectivity index (χ4v) is 2.90. The lowest BCUT2D eigenvalue weighted by atomic mass is 10.1. The van der Waals surface area contributed by atoms with E-state index < -0.39 is 18.1 Å². The van der Waals surface area contributed by atoms with Crippen molar-refractivity contribution in [1.82, 2.24) is 14.9 Å². The van der Waals surface area contributed by atoms with E-state index in [1.165, 1.54) is 18.3 Å². The van der Waals surface area contributed by atoms with Crippen molar-refractivity contribution < 1.29 is 19.1 Å². The van der Waals surface area contributed by atoms with E-state index in [1.807, 2.05) is 0 Å². The highest BCUT2D eigenvalue weighted by molar-refractivity contribution is 5.84. The molecule has 0 spiro atoms. The summed E-state index contributed by atoms with van der Waals surface area (Å²) in [5.74, 6) is -0.507. The lowest BCUT2D eigenvalue weighted by molar-refractivity contribution is -0.146. The van der Waals surface area contributed by atoms with E-state index >= 15 is 0 Å². The van der Waals surface area contributed by atoms with Gasteiger partial charge in [0.25, 0.3) is 0 Å². The quantitative estimate of drug-likeness (QED) is 0.770. The molecule has 0 N–H and O–H groups in total. The molecule has 1 aromatic rings. The van der Waals surface area contributed by atoms with Gasteiger partial charge in [-0.1, -0.05) is 0 Å². The number of hydrogen-bond acceptors (Lipinski definition) is 6. The van der Waals surface area contributed by atoms with Gasteiger partial charge in [-0.2, -0.15) is 0 Å². The van der Waals surface area contributed by atoms with Crippen LogP contribution in [0.4, 0.5) is 4.79 Å². The maximum Gasteiger partial charge on any atom is 0.411 e. The van der Waals surface area contributed by atoms with Gasteiger partial charge in [-0.3, -0.25) is 4.90 Å². The van der Waals surface area contributed by atoms with Crippen LogP contribution in [0.5, 0.6) is 0 Å². The lowest BCUT2D eigenvalue weighted by Gasteiger charge is -2.24. The predicted octanol–water partition coefficient (Wildman–Crippen LogP) is 1.59. The zero-order chi connectivity index (χ0) is 14.8. The summed E-state index contributed by atoms with van der Waals surface area (Å²) in [7, 11) is 1.30. The van der Waals surface area contributed by atoms with Gasteiger partial charge in [-0.05, 0) is 25.7 Å². The molecule has 1 fully saturated rings. The second-order valence-electron chi connectivity index (χ2n) is 5.27. The van der Waals surface area contributed by atoms with Crippen LogP contribution in [0.15, 0.2) is 12.5 Å². The molecule has 0 saturated heterocycles. The molecule has 3 rings (SSSR count). The summed E-state index contributed by atoms with van der Waals surface area (Å²) in [6.45, 7) is 0.239. The number of methoxy groups -OCH3 is 1. The van der Waals surface area contributed by atoms with Crippen LogP contribution in [0.3, 0.4) is 0 Å². The van der Waals surface area contributed by atoms with E-state index in [4.69, 9.17) is 9.47 Å². The van der Waals surface area contributed by atoms with E-state index in [0.29, 0.717) is 11.3 Å². The first-order valence-electron chi connectivity index (χ1n) is 7.04. The molecule has 21 heavy (non-hydrogen) atoms. The Kier molecular flexibility index (Phi) is 3.72. The summed E-state index contributed by atoms with van der Waals surface area (Å²) in [4.78, 5) is 33.8. The third-order valence-electron chi connectivity index (χ3n) is 3.98. The zero-order valence-corrected chi connectivity index (χ0v) is 11.8. The Morgan fingerprint density at radius 3 is 2.81 bits per heavy atom. The van der Waals surface area contributed by atoms with Crippen molar-refractivity contribution in [3.8, 4) is 0 Å². The van der Waals surface area contributed by atoms with Crippen LogP contribution in [0, 0.1) is 0 Å². The van der Waals surface area contributed by atoms with Crippen LogP contribution in [0.25, 0.3) is 0 Å². The molecule has 7 heteroatoms. The van der Waals surface area contributed by atoms with E-state index in [2.05, 4.69) is 9.97 Å². The molecule has 0 aromatic carbocycles. The average molecular weight is 291 g/mol. The maximum atomic E-state index is 12.3. The summed E-state index contributed by atoms with van der Waals surface area (Å²) in [5.41, 5.74) is 1.26. The lowest BCUT2D eigenvalue weighted by Crippen LogP contribution is -2.36. The second kappa shape index (κ2) is 5.67. The van der Waals surface area contributed by atoms with Gasteiger partial charge in [0.05, 0.1) is 19.3 Å². The normalized spacial score (nSPS) is 21.2. The Morgan fingerprint density at radius 1 is 1.33 bits per heavy atom. The maximum absolute atomic E-state index is 12.3. The third-order valence-corrected chi connectivity index (χ3v) is 3.98. The minimum atomic E-state index is -0.819. The first-order valence-corrected chi connectivity index (χ1v) is 7.04. The van der Waals surface area contributed by atoms with Gasteiger partial charge < -0.3 is 9.47 Å². The molecule has 1 amide bonds. The number of rotatable bonds is 2. The Bertz CT molecular complexity index is 557. The van der Waals surface area contributed by atoms with Crippen LogP contribution >= 0.6 is 0 Å². The molecule has 1 saturated carbocycles. The van der Waals surface area contributed by atoms with Crippen LogP contribution in [-0.2, 0) is 20.8 Å². The fourth-order valence-electron chi connectivity index (χ4n) is 2.90. The van der Waals surface area contributed by atoms with Crippen molar-refractivity contribution in [2.45, 2.75) is 44.4 Å². The summed E-state index contributed by atoms with van der Waals surface area (Å²) in [5, 5.41) is 0. The van der Waals surface area contributed by atoms with Gasteiger partial charge in [0.1, 0.15) is 12.4 Å². The van der Waals surface area contributed by atoms with Crippen LogP contribution in [-0.4, -0.2) is 40.1 Å². The monoisotopic (exact) mass is 291 g/mol. The van der Waals surface area contributed by atoms with Gasteiger partial charge in [0, 0.05) is 11.8 Å². The van der Waals surface area contributed by atoms with Crippen molar-refractivity contribution in [3.05, 3.63) is 23.8 Å². The van der Waals surface area contributed by atoms with Crippen LogP contribution in [0.1, 0.15) is 43.0 Å². The molecular formula is C14H17N3O4. The van der Waals surface area contributed by atoms with Crippen LogP contribution < -0.4 is 0 Å². The number of esters is 1. The number of aromatic nitrogens is 2. The second-order valence-corrected chi connectivity index (χ2v) is 5.27. The zero-order valence-electron chi connectivity index (χ0n) is 11.8. The molecule has 7 nitrogen and oxygen atoms in total. The molecule has 2 heterocycles. The SMILES string of the molecule is COC(=O)C1c2cncnc2CN1C(=O)OC1CCCC1. The number of fused-ring (bicyclic) bond motifs is 1. The molecule has 0 bridgehead atoms. The molecule has 1 atom stereocenters. The summed E-state index contributed by atoms with van der Waals surface area (Å²) >= 11 is 0. The summed E-state index contributed by atoms with van der Waals surface area (Å²) < 4.78 is 10.3. The molecule has 1 aliphatic heterocycles. The standard InChI is InChI=1S/C14H17N3O4/c1-20-13(18)12-10-6-15-8-16-11(10)7-17(12)14(19)21-9-4-2-3-5-9/h6,8-9,12H,2-5,7H2,1H3. The largest absolute Gasteiger partial charge is 0.467 e. The Balaban J connectivity index is 1.81. The number of nitrogens with zero attached hydrogens (tertiary/aromatic N) is 3. The minimum absolute atomic E-state index is 0.0504. The van der Waals surface area contributed by atoms with Crippen molar-refractivity contribution in [3.63, 3.8) is 0 Å². The highest BCUT2D eigenvalue weighted by Crippen LogP contribution is 2.34.